The van der Waals surface area contributed by atoms with Gasteiger partial charge in [0.2, 0.25) is 11.9 Å². The van der Waals surface area contributed by atoms with Crippen molar-refractivity contribution in [3.8, 4) is 6.07 Å². The number of nitriles is 1. The van der Waals surface area contributed by atoms with Gasteiger partial charge in [-0.2, -0.15) is 5.26 Å². The summed E-state index contributed by atoms with van der Waals surface area (Å²) in [5.41, 5.74) is 7.48. The molecular weight excluding hydrogens is 342 g/mol. The van der Waals surface area contributed by atoms with Crippen molar-refractivity contribution in [3.63, 3.8) is 0 Å². The summed E-state index contributed by atoms with van der Waals surface area (Å²) in [6, 6.07) is 14.0. The first-order chi connectivity index (χ1) is 13.2. The van der Waals surface area contributed by atoms with Gasteiger partial charge in [0.1, 0.15) is 11.8 Å². The maximum Gasteiger partial charge on any atom is 0.235 e. The lowest BCUT2D eigenvalue weighted by Crippen LogP contribution is -2.60. The fourth-order valence-electron chi connectivity index (χ4n) is 3.74. The smallest absolute Gasteiger partial charge is 0.235 e. The van der Waals surface area contributed by atoms with Crippen molar-refractivity contribution in [2.24, 2.45) is 0 Å². The standard InChI is InChI=1S/C19H21N7O/c20-13-15-6-7-21-19(22-15)26-10-8-25(9-11-26)16-12-17(27)23-24-18(16)14-4-2-1-3-5-14/h1-7,16,18,24H,8-12H2,(H,23,27). The molecule has 0 aliphatic carbocycles. The van der Waals surface area contributed by atoms with Crippen LogP contribution in [-0.2, 0) is 4.79 Å². The topological polar surface area (TPSA) is 97.2 Å². The number of benzene rings is 1. The second kappa shape index (κ2) is 7.70. The molecule has 4 rings (SSSR count). The normalized spacial score (nSPS) is 23.5. The van der Waals surface area contributed by atoms with Gasteiger partial charge < -0.3 is 4.90 Å². The summed E-state index contributed by atoms with van der Waals surface area (Å²) in [4.78, 5) is 25.0. The first-order valence-electron chi connectivity index (χ1n) is 9.06. The van der Waals surface area contributed by atoms with Gasteiger partial charge in [-0.25, -0.2) is 15.4 Å². The largest absolute Gasteiger partial charge is 0.338 e. The van der Waals surface area contributed by atoms with Gasteiger partial charge in [-0.1, -0.05) is 30.3 Å². The van der Waals surface area contributed by atoms with Gasteiger partial charge in [0, 0.05) is 44.8 Å². The van der Waals surface area contributed by atoms with E-state index in [0.717, 1.165) is 31.7 Å². The number of piperazine rings is 1. The third-order valence-corrected chi connectivity index (χ3v) is 5.13. The van der Waals surface area contributed by atoms with Crippen LogP contribution in [0.15, 0.2) is 42.6 Å². The molecule has 1 aromatic carbocycles. The quantitative estimate of drug-likeness (QED) is 0.824. The Morgan fingerprint density at radius 3 is 2.63 bits per heavy atom. The number of hydrazine groups is 1. The predicted octanol–water partition coefficient (Wildman–Crippen LogP) is 0.605. The molecule has 1 amide bonds. The number of amides is 1. The highest BCUT2D eigenvalue weighted by Gasteiger charge is 2.36. The Morgan fingerprint density at radius 1 is 1.11 bits per heavy atom. The summed E-state index contributed by atoms with van der Waals surface area (Å²) >= 11 is 0. The van der Waals surface area contributed by atoms with Gasteiger partial charge >= 0.3 is 0 Å². The summed E-state index contributed by atoms with van der Waals surface area (Å²) in [7, 11) is 0. The summed E-state index contributed by atoms with van der Waals surface area (Å²) in [6.07, 6.45) is 2.08. The number of nitrogens with zero attached hydrogens (tertiary/aromatic N) is 5. The van der Waals surface area contributed by atoms with Gasteiger partial charge in [-0.3, -0.25) is 15.1 Å². The van der Waals surface area contributed by atoms with E-state index in [0.29, 0.717) is 18.1 Å². The molecule has 27 heavy (non-hydrogen) atoms. The number of carbonyl (C=O) groups excluding carboxylic acids is 1. The minimum atomic E-state index is 0.0136. The van der Waals surface area contributed by atoms with Crippen molar-refractivity contribution in [3.05, 3.63) is 53.9 Å². The van der Waals surface area contributed by atoms with E-state index >= 15 is 0 Å². The van der Waals surface area contributed by atoms with E-state index in [1.807, 2.05) is 18.2 Å². The van der Waals surface area contributed by atoms with Crippen molar-refractivity contribution in [1.82, 2.24) is 25.7 Å². The fraction of sp³-hybridized carbons (Fsp3) is 0.368. The lowest BCUT2D eigenvalue weighted by atomic mass is 9.93. The third-order valence-electron chi connectivity index (χ3n) is 5.13. The highest BCUT2D eigenvalue weighted by Crippen LogP contribution is 2.27. The Kier molecular flexibility index (Phi) is 4.96. The summed E-state index contributed by atoms with van der Waals surface area (Å²) < 4.78 is 0. The first-order valence-corrected chi connectivity index (χ1v) is 9.06. The van der Waals surface area contributed by atoms with Crippen LogP contribution < -0.4 is 15.8 Å². The van der Waals surface area contributed by atoms with E-state index in [-0.39, 0.29) is 18.0 Å². The Morgan fingerprint density at radius 2 is 1.89 bits per heavy atom. The van der Waals surface area contributed by atoms with Gasteiger partial charge in [0.25, 0.3) is 0 Å². The molecule has 138 valence electrons. The molecule has 0 spiro atoms. The van der Waals surface area contributed by atoms with E-state index in [1.54, 1.807) is 12.3 Å². The number of aromatic nitrogens is 2. The average molecular weight is 363 g/mol. The molecule has 2 atom stereocenters. The summed E-state index contributed by atoms with van der Waals surface area (Å²) in [6.45, 7) is 3.13. The van der Waals surface area contributed by atoms with Crippen LogP contribution in [0.25, 0.3) is 0 Å². The second-order valence-electron chi connectivity index (χ2n) is 6.73. The molecule has 8 nitrogen and oxygen atoms in total. The van der Waals surface area contributed by atoms with Crippen LogP contribution in [-0.4, -0.2) is 53.0 Å². The average Bonchev–Trinajstić information content (AvgIpc) is 2.74. The van der Waals surface area contributed by atoms with Crippen LogP contribution in [0.5, 0.6) is 0 Å². The van der Waals surface area contributed by atoms with Crippen molar-refractivity contribution in [1.29, 1.82) is 5.26 Å². The van der Waals surface area contributed by atoms with Crippen molar-refractivity contribution >= 4 is 11.9 Å². The molecule has 2 unspecified atom stereocenters. The maximum atomic E-state index is 12.0. The number of hydrogen-bond acceptors (Lipinski definition) is 7. The Bertz CT molecular complexity index is 843. The van der Waals surface area contributed by atoms with E-state index < -0.39 is 0 Å². The second-order valence-corrected chi connectivity index (χ2v) is 6.73. The van der Waals surface area contributed by atoms with Crippen LogP contribution in [0.2, 0.25) is 0 Å². The molecule has 2 aliphatic heterocycles. The van der Waals surface area contributed by atoms with E-state index in [2.05, 4.69) is 48.8 Å². The number of nitrogens with one attached hydrogen (secondary N) is 2. The molecule has 1 aromatic heterocycles. The zero-order chi connectivity index (χ0) is 18.6. The number of anilines is 1. The minimum Gasteiger partial charge on any atom is -0.338 e. The van der Waals surface area contributed by atoms with Gasteiger partial charge in [0.15, 0.2) is 0 Å². The molecule has 3 heterocycles. The van der Waals surface area contributed by atoms with Gasteiger partial charge in [-0.15, -0.1) is 0 Å². The Labute approximate surface area is 157 Å². The van der Waals surface area contributed by atoms with E-state index in [4.69, 9.17) is 5.26 Å². The van der Waals surface area contributed by atoms with Crippen LogP contribution >= 0.6 is 0 Å². The first kappa shape index (κ1) is 17.4. The molecule has 2 N–H and O–H groups in total. The van der Waals surface area contributed by atoms with Crippen LogP contribution in [0.1, 0.15) is 23.7 Å². The fourth-order valence-corrected chi connectivity index (χ4v) is 3.74. The van der Waals surface area contributed by atoms with Crippen LogP contribution in [0, 0.1) is 11.3 Å². The molecule has 2 aromatic rings. The Hall–Kier alpha value is -3.02. The van der Waals surface area contributed by atoms with E-state index in [9.17, 15) is 4.79 Å². The van der Waals surface area contributed by atoms with Crippen LogP contribution in [0.3, 0.4) is 0 Å². The van der Waals surface area contributed by atoms with Gasteiger partial charge in [0.05, 0.1) is 6.04 Å². The lowest BCUT2D eigenvalue weighted by molar-refractivity contribution is -0.126. The number of carbonyl (C=O) groups is 1. The van der Waals surface area contributed by atoms with E-state index in [1.165, 1.54) is 0 Å². The molecule has 0 radical (unpaired) electrons. The molecule has 0 saturated carbocycles. The lowest BCUT2D eigenvalue weighted by Gasteiger charge is -2.44. The molecular formula is C19H21N7O. The molecule has 2 aliphatic rings. The van der Waals surface area contributed by atoms with Crippen LogP contribution in [0.4, 0.5) is 5.95 Å². The molecule has 2 saturated heterocycles. The zero-order valence-electron chi connectivity index (χ0n) is 14.9. The maximum absolute atomic E-state index is 12.0. The Balaban J connectivity index is 1.47. The minimum absolute atomic E-state index is 0.0136. The molecule has 2 fully saturated rings. The predicted molar refractivity (Wildman–Crippen MR) is 99.4 cm³/mol. The summed E-state index contributed by atoms with van der Waals surface area (Å²) in [5, 5.41) is 9.02. The monoisotopic (exact) mass is 363 g/mol. The van der Waals surface area contributed by atoms with Crippen molar-refractivity contribution < 1.29 is 4.79 Å². The third kappa shape index (κ3) is 3.74. The highest BCUT2D eigenvalue weighted by atomic mass is 16.2. The zero-order valence-corrected chi connectivity index (χ0v) is 14.9. The molecule has 8 heteroatoms. The van der Waals surface area contributed by atoms with Gasteiger partial charge in [-0.05, 0) is 11.6 Å². The SMILES string of the molecule is N#Cc1ccnc(N2CCN(C3CC(=O)NNC3c3ccccc3)CC2)n1. The molecule has 0 bridgehead atoms. The highest BCUT2D eigenvalue weighted by molar-refractivity contribution is 5.77. The van der Waals surface area contributed by atoms with Crippen molar-refractivity contribution in [2.75, 3.05) is 31.1 Å². The number of rotatable bonds is 3. The summed E-state index contributed by atoms with van der Waals surface area (Å²) in [5.74, 6) is 0.604. The van der Waals surface area contributed by atoms with Crippen molar-refractivity contribution in [2.45, 2.75) is 18.5 Å². The number of hydrogen-bond donors (Lipinski definition) is 2.